The molecule has 7 nitrogen and oxygen atoms in total. The van der Waals surface area contributed by atoms with Crippen LogP contribution in [0.3, 0.4) is 0 Å². The number of halogens is 3. The molecule has 0 spiro atoms. The average molecular weight is 495 g/mol. The van der Waals surface area contributed by atoms with E-state index in [1.54, 1.807) is 4.98 Å². The van der Waals surface area contributed by atoms with Crippen molar-refractivity contribution in [3.63, 3.8) is 0 Å². The second kappa shape index (κ2) is 11.9. The van der Waals surface area contributed by atoms with E-state index in [4.69, 9.17) is 32.9 Å². The molecule has 1 aromatic rings. The molecule has 12 heteroatoms. The summed E-state index contributed by atoms with van der Waals surface area (Å²) < 4.78 is 57.1. The maximum atomic E-state index is 13.1. The zero-order valence-corrected chi connectivity index (χ0v) is 19.3. The van der Waals surface area contributed by atoms with Gasteiger partial charge in [-0.15, -0.1) is 6.42 Å². The van der Waals surface area contributed by atoms with Gasteiger partial charge in [-0.25, -0.2) is 4.79 Å². The summed E-state index contributed by atoms with van der Waals surface area (Å²) in [5.74, 6) is 3.71. The predicted octanol–water partition coefficient (Wildman–Crippen LogP) is 3.33. The minimum absolute atomic E-state index is 0.0218. The van der Waals surface area contributed by atoms with Crippen molar-refractivity contribution in [3.05, 3.63) is 32.6 Å². The normalized spacial score (nSPS) is 21.0. The number of rotatable bonds is 9. The van der Waals surface area contributed by atoms with E-state index < -0.39 is 41.4 Å². The third-order valence-corrected chi connectivity index (χ3v) is 5.97. The van der Waals surface area contributed by atoms with Crippen molar-refractivity contribution in [1.29, 1.82) is 0 Å². The van der Waals surface area contributed by atoms with E-state index in [0.29, 0.717) is 21.1 Å². The molecule has 2 rings (SSSR count). The highest BCUT2D eigenvalue weighted by atomic mass is 32.2. The van der Waals surface area contributed by atoms with Crippen LogP contribution in [0.4, 0.5) is 13.2 Å². The predicted molar refractivity (Wildman–Crippen MR) is 119 cm³/mol. The van der Waals surface area contributed by atoms with Crippen molar-refractivity contribution >= 4 is 28.4 Å². The number of alkyl halides is 3. The largest absolute Gasteiger partial charge is 0.476 e. The SMILES string of the molecule is C#CCO[C@H]1C[C@H](n2cc(C(F)(F)F)c(=O)[nH]c2=O)O[C@@H]1COC(=S)SCCCC(C)C. The summed E-state index contributed by atoms with van der Waals surface area (Å²) in [5, 5.41) is 0. The molecule has 0 radical (unpaired) electrons. The summed E-state index contributed by atoms with van der Waals surface area (Å²) in [6, 6.07) is 0. The van der Waals surface area contributed by atoms with Gasteiger partial charge in [-0.1, -0.05) is 38.0 Å². The van der Waals surface area contributed by atoms with Crippen molar-refractivity contribution in [2.75, 3.05) is 19.0 Å². The van der Waals surface area contributed by atoms with Gasteiger partial charge in [0.15, 0.2) is 0 Å². The highest BCUT2D eigenvalue weighted by Crippen LogP contribution is 2.32. The first kappa shape index (κ1) is 26.4. The number of ether oxygens (including phenoxy) is 3. The summed E-state index contributed by atoms with van der Waals surface area (Å²) >= 11 is 6.59. The maximum absolute atomic E-state index is 13.1. The third kappa shape index (κ3) is 7.65. The lowest BCUT2D eigenvalue weighted by atomic mass is 10.1. The van der Waals surface area contributed by atoms with Crippen LogP contribution in [0.1, 0.15) is 44.9 Å². The topological polar surface area (TPSA) is 82.6 Å². The number of terminal acetylenes is 1. The lowest BCUT2D eigenvalue weighted by Crippen LogP contribution is -2.36. The Morgan fingerprint density at radius 3 is 2.81 bits per heavy atom. The Kier molecular flexibility index (Phi) is 9.82. The number of aromatic amines is 1. The van der Waals surface area contributed by atoms with E-state index in [-0.39, 0.29) is 19.6 Å². The summed E-state index contributed by atoms with van der Waals surface area (Å²) in [6.07, 6.45) is 0.359. The van der Waals surface area contributed by atoms with E-state index in [1.807, 2.05) is 0 Å². The third-order valence-electron chi connectivity index (χ3n) is 4.66. The Labute approximate surface area is 193 Å². The van der Waals surface area contributed by atoms with Crippen LogP contribution in [-0.4, -0.2) is 45.1 Å². The number of aromatic nitrogens is 2. The molecule has 32 heavy (non-hydrogen) atoms. The van der Waals surface area contributed by atoms with Gasteiger partial charge in [-0.05, 0) is 24.6 Å². The van der Waals surface area contributed by atoms with Crippen LogP contribution in [0.2, 0.25) is 0 Å². The van der Waals surface area contributed by atoms with Gasteiger partial charge < -0.3 is 14.2 Å². The number of hydrogen-bond donors (Lipinski definition) is 1. The molecule has 0 bridgehead atoms. The number of thiocarbonyl (C=S) groups is 1. The molecule has 0 aliphatic carbocycles. The Hall–Kier alpha value is -1.81. The second-order valence-electron chi connectivity index (χ2n) is 7.57. The maximum Gasteiger partial charge on any atom is 0.423 e. The number of H-pyrrole nitrogens is 1. The molecule has 1 saturated heterocycles. The number of nitrogens with one attached hydrogen (secondary N) is 1. The van der Waals surface area contributed by atoms with E-state index in [0.717, 1.165) is 18.6 Å². The molecule has 0 aromatic carbocycles. The monoisotopic (exact) mass is 494 g/mol. The Morgan fingerprint density at radius 1 is 1.47 bits per heavy atom. The van der Waals surface area contributed by atoms with Crippen LogP contribution in [0.25, 0.3) is 0 Å². The molecule has 0 saturated carbocycles. The van der Waals surface area contributed by atoms with Gasteiger partial charge in [0.2, 0.25) is 4.38 Å². The molecule has 2 heterocycles. The molecule has 1 aromatic heterocycles. The molecular formula is C20H25F3N2O5S2. The Morgan fingerprint density at radius 2 is 2.19 bits per heavy atom. The number of hydrogen-bond acceptors (Lipinski definition) is 7. The standard InChI is InChI=1S/C20H25F3N2O5S2/c1-4-7-28-14-9-16(25-10-13(20(21,22)23)17(26)24-18(25)27)30-15(14)11-29-19(31)32-8-5-6-12(2)3/h1,10,12,14-16H,5-9,11H2,2-3H3,(H,24,26,27)/t14-,15+,16+/m0/s1. The first-order chi connectivity index (χ1) is 15.0. The molecule has 1 fully saturated rings. The summed E-state index contributed by atoms with van der Waals surface area (Å²) in [7, 11) is 0. The fraction of sp³-hybridized carbons (Fsp3) is 0.650. The van der Waals surface area contributed by atoms with Gasteiger partial charge >= 0.3 is 11.9 Å². The van der Waals surface area contributed by atoms with Crippen molar-refractivity contribution in [3.8, 4) is 12.3 Å². The average Bonchev–Trinajstić information content (AvgIpc) is 3.09. The summed E-state index contributed by atoms with van der Waals surface area (Å²) in [6.45, 7) is 4.19. The van der Waals surface area contributed by atoms with Gasteiger partial charge in [0, 0.05) is 18.4 Å². The van der Waals surface area contributed by atoms with E-state index >= 15 is 0 Å². The van der Waals surface area contributed by atoms with Crippen molar-refractivity contribution in [1.82, 2.24) is 9.55 Å². The smallest absolute Gasteiger partial charge is 0.423 e. The molecule has 178 valence electrons. The van der Waals surface area contributed by atoms with E-state index in [9.17, 15) is 22.8 Å². The minimum atomic E-state index is -4.93. The van der Waals surface area contributed by atoms with Gasteiger partial charge in [0.1, 0.15) is 31.1 Å². The van der Waals surface area contributed by atoms with Crippen LogP contribution >= 0.6 is 24.0 Å². The van der Waals surface area contributed by atoms with Crippen molar-refractivity contribution < 1.29 is 27.4 Å². The molecule has 0 unspecified atom stereocenters. The first-order valence-corrected chi connectivity index (χ1v) is 11.3. The highest BCUT2D eigenvalue weighted by molar-refractivity contribution is 8.22. The fourth-order valence-electron chi connectivity index (χ4n) is 3.09. The quantitative estimate of drug-likeness (QED) is 0.320. The lowest BCUT2D eigenvalue weighted by molar-refractivity contribution is -0.139. The molecule has 1 N–H and O–H groups in total. The van der Waals surface area contributed by atoms with Gasteiger partial charge in [0.05, 0.1) is 6.10 Å². The number of nitrogens with zero attached hydrogens (tertiary/aromatic N) is 1. The summed E-state index contributed by atoms with van der Waals surface area (Å²) in [4.78, 5) is 25.3. The van der Waals surface area contributed by atoms with Crippen LogP contribution in [0.5, 0.6) is 0 Å². The molecular weight excluding hydrogens is 469 g/mol. The molecule has 0 amide bonds. The summed E-state index contributed by atoms with van der Waals surface area (Å²) in [5.41, 5.74) is -4.04. The van der Waals surface area contributed by atoms with Gasteiger partial charge in [0.25, 0.3) is 5.56 Å². The van der Waals surface area contributed by atoms with Crippen LogP contribution in [0, 0.1) is 18.3 Å². The van der Waals surface area contributed by atoms with Crippen molar-refractivity contribution in [2.45, 2.75) is 57.7 Å². The second-order valence-corrected chi connectivity index (χ2v) is 9.27. The zero-order chi connectivity index (χ0) is 23.9. The van der Waals surface area contributed by atoms with Gasteiger partial charge in [-0.3, -0.25) is 14.3 Å². The van der Waals surface area contributed by atoms with Crippen LogP contribution in [0.15, 0.2) is 15.8 Å². The van der Waals surface area contributed by atoms with Gasteiger partial charge in [-0.2, -0.15) is 13.2 Å². The van der Waals surface area contributed by atoms with Crippen molar-refractivity contribution in [2.24, 2.45) is 5.92 Å². The fourth-order valence-corrected chi connectivity index (χ4v) is 4.04. The molecule has 1 aliphatic heterocycles. The Balaban J connectivity index is 2.07. The van der Waals surface area contributed by atoms with E-state index in [2.05, 4.69) is 19.8 Å². The first-order valence-electron chi connectivity index (χ1n) is 9.95. The molecule has 3 atom stereocenters. The molecule has 1 aliphatic rings. The minimum Gasteiger partial charge on any atom is -0.476 e. The number of thioether (sulfide) groups is 1. The lowest BCUT2D eigenvalue weighted by Gasteiger charge is -2.19. The highest BCUT2D eigenvalue weighted by Gasteiger charge is 2.40. The Bertz CT molecular complexity index is 939. The van der Waals surface area contributed by atoms with Crippen LogP contribution in [-0.2, 0) is 20.4 Å². The zero-order valence-electron chi connectivity index (χ0n) is 17.6. The van der Waals surface area contributed by atoms with Crippen LogP contribution < -0.4 is 11.2 Å². The van der Waals surface area contributed by atoms with E-state index in [1.165, 1.54) is 11.8 Å².